The molecule has 1 N–H and O–H groups in total. The van der Waals surface area contributed by atoms with Gasteiger partial charge in [-0.3, -0.25) is 14.5 Å². The van der Waals surface area contributed by atoms with Crippen LogP contribution in [-0.2, 0) is 9.59 Å². The summed E-state index contributed by atoms with van der Waals surface area (Å²) in [4.78, 5) is 28.4. The Morgan fingerprint density at radius 3 is 2.08 bits per heavy atom. The van der Waals surface area contributed by atoms with Crippen LogP contribution in [0.15, 0.2) is 66.2 Å². The lowest BCUT2D eigenvalue weighted by Crippen LogP contribution is -2.29. The molecule has 1 fully saturated rings. The van der Waals surface area contributed by atoms with Crippen molar-refractivity contribution < 1.29 is 28.9 Å². The fourth-order valence-electron chi connectivity index (χ4n) is 4.70. The molecule has 37 heavy (non-hydrogen) atoms. The summed E-state index contributed by atoms with van der Waals surface area (Å²) in [6, 6.07) is 16.9. The number of methoxy groups -OCH3 is 2. The third-order valence-electron chi connectivity index (χ3n) is 6.24. The second kappa shape index (κ2) is 10.4. The van der Waals surface area contributed by atoms with Crippen molar-refractivity contribution >= 4 is 23.1 Å². The second-order valence-electron chi connectivity index (χ2n) is 9.27. The van der Waals surface area contributed by atoms with Crippen LogP contribution in [0.5, 0.6) is 17.2 Å². The number of aliphatic hydroxyl groups excluding tert-OH is 1. The van der Waals surface area contributed by atoms with Gasteiger partial charge in [-0.2, -0.15) is 0 Å². The first-order valence-corrected chi connectivity index (χ1v) is 12.0. The van der Waals surface area contributed by atoms with Gasteiger partial charge in [0.1, 0.15) is 23.0 Å². The Kier molecular flexibility index (Phi) is 7.25. The smallest absolute Gasteiger partial charge is 0.300 e. The molecule has 7 heteroatoms. The molecule has 192 valence electrons. The average molecular weight is 502 g/mol. The zero-order chi connectivity index (χ0) is 26.9. The number of aryl methyl sites for hydroxylation is 2. The van der Waals surface area contributed by atoms with Gasteiger partial charge in [-0.05, 0) is 86.8 Å². The number of amides is 1. The molecular formula is C30H31NO6. The monoisotopic (exact) mass is 501 g/mol. The highest BCUT2D eigenvalue weighted by Crippen LogP contribution is 2.44. The molecule has 3 aromatic rings. The maximum absolute atomic E-state index is 13.5. The van der Waals surface area contributed by atoms with Crippen molar-refractivity contribution in [2.45, 2.75) is 39.8 Å². The molecule has 1 unspecified atom stereocenters. The largest absolute Gasteiger partial charge is 0.507 e. The Bertz CT molecular complexity index is 1360. The standard InChI is InChI=1S/C30H31NO6/c1-17(2)37-23-13-9-21(10-14-23)31-26(20-7-11-22(35-5)12-8-20)25(28(33)30(31)34)27(32)24-16-18(3)15-19(4)29(24)36-6/h7-17,26,32H,1-6H3/b27-25+. The van der Waals surface area contributed by atoms with Crippen LogP contribution in [0.2, 0.25) is 0 Å². The van der Waals surface area contributed by atoms with Crippen LogP contribution in [0.1, 0.15) is 42.1 Å². The third-order valence-corrected chi connectivity index (χ3v) is 6.24. The molecule has 1 aliphatic heterocycles. The van der Waals surface area contributed by atoms with E-state index in [-0.39, 0.29) is 17.4 Å². The summed E-state index contributed by atoms with van der Waals surface area (Å²) in [5, 5.41) is 11.6. The minimum absolute atomic E-state index is 0.00727. The van der Waals surface area contributed by atoms with Gasteiger partial charge in [-0.15, -0.1) is 0 Å². The predicted octanol–water partition coefficient (Wildman–Crippen LogP) is 5.73. The van der Waals surface area contributed by atoms with Crippen molar-refractivity contribution in [3.05, 3.63) is 88.5 Å². The summed E-state index contributed by atoms with van der Waals surface area (Å²) >= 11 is 0. The molecule has 0 bridgehead atoms. The van der Waals surface area contributed by atoms with Gasteiger partial charge in [0.2, 0.25) is 0 Å². The lowest BCUT2D eigenvalue weighted by molar-refractivity contribution is -0.132. The Morgan fingerprint density at radius 2 is 1.51 bits per heavy atom. The van der Waals surface area contributed by atoms with E-state index in [1.165, 1.54) is 12.0 Å². The molecule has 3 aromatic carbocycles. The van der Waals surface area contributed by atoms with E-state index in [1.807, 2.05) is 33.8 Å². The van der Waals surface area contributed by atoms with Crippen LogP contribution in [0, 0.1) is 13.8 Å². The van der Waals surface area contributed by atoms with Crippen molar-refractivity contribution in [3.63, 3.8) is 0 Å². The molecule has 0 radical (unpaired) electrons. The number of aliphatic hydroxyl groups is 1. The first-order chi connectivity index (χ1) is 17.7. The normalized spacial score (nSPS) is 16.8. The fraction of sp³-hybridized carbons (Fsp3) is 0.267. The van der Waals surface area contributed by atoms with E-state index in [2.05, 4.69) is 0 Å². The topological polar surface area (TPSA) is 85.3 Å². The van der Waals surface area contributed by atoms with Crippen LogP contribution < -0.4 is 19.1 Å². The van der Waals surface area contributed by atoms with Crippen LogP contribution in [0.4, 0.5) is 5.69 Å². The van der Waals surface area contributed by atoms with Gasteiger partial charge < -0.3 is 19.3 Å². The minimum Gasteiger partial charge on any atom is -0.507 e. The summed E-state index contributed by atoms with van der Waals surface area (Å²) in [5.41, 5.74) is 3.19. The number of benzene rings is 3. The number of Topliss-reactive ketones (excluding diaryl/α,β-unsaturated/α-hetero) is 1. The number of carbonyl (C=O) groups is 2. The molecule has 1 aliphatic rings. The van der Waals surface area contributed by atoms with E-state index in [0.29, 0.717) is 34.1 Å². The molecule has 1 atom stereocenters. The predicted molar refractivity (Wildman–Crippen MR) is 142 cm³/mol. The number of rotatable bonds is 7. The van der Waals surface area contributed by atoms with Crippen LogP contribution in [-0.4, -0.2) is 37.1 Å². The third kappa shape index (κ3) is 4.89. The number of nitrogens with zero attached hydrogens (tertiary/aromatic N) is 1. The Labute approximate surface area is 216 Å². The number of hydrogen-bond donors (Lipinski definition) is 1. The minimum atomic E-state index is -0.867. The van der Waals surface area contributed by atoms with Crippen LogP contribution in [0.25, 0.3) is 5.76 Å². The SMILES string of the molecule is COc1ccc(C2/C(=C(\O)c3cc(C)cc(C)c3OC)C(=O)C(=O)N2c2ccc(OC(C)C)cc2)cc1. The quantitative estimate of drug-likeness (QED) is 0.253. The molecule has 1 heterocycles. The average Bonchev–Trinajstić information content (AvgIpc) is 3.13. The van der Waals surface area contributed by atoms with Crippen molar-refractivity contribution in [1.29, 1.82) is 0 Å². The van der Waals surface area contributed by atoms with Crippen LogP contribution in [0.3, 0.4) is 0 Å². The summed E-state index contributed by atoms with van der Waals surface area (Å²) in [6.45, 7) is 7.61. The molecule has 0 saturated carbocycles. The molecule has 1 amide bonds. The van der Waals surface area contributed by atoms with E-state index < -0.39 is 17.7 Å². The fourth-order valence-corrected chi connectivity index (χ4v) is 4.70. The number of carbonyl (C=O) groups excluding carboxylic acids is 2. The zero-order valence-corrected chi connectivity index (χ0v) is 21.9. The second-order valence-corrected chi connectivity index (χ2v) is 9.27. The zero-order valence-electron chi connectivity index (χ0n) is 21.9. The number of hydrogen-bond acceptors (Lipinski definition) is 6. The van der Waals surface area contributed by atoms with Crippen molar-refractivity contribution in [3.8, 4) is 17.2 Å². The maximum atomic E-state index is 13.5. The maximum Gasteiger partial charge on any atom is 0.300 e. The first kappa shape index (κ1) is 25.8. The van der Waals surface area contributed by atoms with Gasteiger partial charge in [0.05, 0.1) is 37.5 Å². The molecule has 0 aromatic heterocycles. The molecule has 4 rings (SSSR count). The molecule has 0 aliphatic carbocycles. The van der Waals surface area contributed by atoms with E-state index in [1.54, 1.807) is 61.7 Å². The van der Waals surface area contributed by atoms with Gasteiger partial charge in [-0.25, -0.2) is 0 Å². The summed E-state index contributed by atoms with van der Waals surface area (Å²) in [6.07, 6.45) is -0.00727. The summed E-state index contributed by atoms with van der Waals surface area (Å²) in [7, 11) is 3.07. The van der Waals surface area contributed by atoms with Crippen molar-refractivity contribution in [2.24, 2.45) is 0 Å². The lowest BCUT2D eigenvalue weighted by Gasteiger charge is -2.26. The summed E-state index contributed by atoms with van der Waals surface area (Å²) in [5.74, 6) is -0.0727. The van der Waals surface area contributed by atoms with Gasteiger partial charge in [0.25, 0.3) is 11.7 Å². The van der Waals surface area contributed by atoms with E-state index in [0.717, 1.165) is 11.1 Å². The van der Waals surface area contributed by atoms with Gasteiger partial charge in [-0.1, -0.05) is 18.2 Å². The Morgan fingerprint density at radius 1 is 0.892 bits per heavy atom. The Balaban J connectivity index is 1.93. The highest BCUT2D eigenvalue weighted by atomic mass is 16.5. The molecular weight excluding hydrogens is 470 g/mol. The molecule has 1 saturated heterocycles. The van der Waals surface area contributed by atoms with Crippen LogP contribution >= 0.6 is 0 Å². The van der Waals surface area contributed by atoms with Gasteiger partial charge >= 0.3 is 0 Å². The number of ketones is 1. The molecule has 7 nitrogen and oxygen atoms in total. The van der Waals surface area contributed by atoms with E-state index >= 15 is 0 Å². The molecule has 0 spiro atoms. The van der Waals surface area contributed by atoms with Crippen molar-refractivity contribution in [1.82, 2.24) is 0 Å². The first-order valence-electron chi connectivity index (χ1n) is 12.0. The Hall–Kier alpha value is -4.26. The number of ether oxygens (including phenoxy) is 3. The highest BCUT2D eigenvalue weighted by Gasteiger charge is 2.47. The lowest BCUT2D eigenvalue weighted by atomic mass is 9.93. The van der Waals surface area contributed by atoms with Gasteiger partial charge in [0, 0.05) is 5.69 Å². The highest BCUT2D eigenvalue weighted by molar-refractivity contribution is 6.51. The van der Waals surface area contributed by atoms with Gasteiger partial charge in [0.15, 0.2) is 0 Å². The van der Waals surface area contributed by atoms with E-state index in [4.69, 9.17) is 14.2 Å². The van der Waals surface area contributed by atoms with E-state index in [9.17, 15) is 14.7 Å². The van der Waals surface area contributed by atoms with Crippen molar-refractivity contribution in [2.75, 3.05) is 19.1 Å². The number of anilines is 1. The summed E-state index contributed by atoms with van der Waals surface area (Å²) < 4.78 is 16.6.